The molecule has 5 nitrogen and oxygen atoms in total. The highest BCUT2D eigenvalue weighted by Crippen LogP contribution is 2.15. The molecule has 5 heteroatoms. The third-order valence-electron chi connectivity index (χ3n) is 2.15. The number of carbonyl (C=O) groups is 1. The van der Waals surface area contributed by atoms with E-state index in [1.54, 1.807) is 18.2 Å². The minimum Gasteiger partial charge on any atom is -0.508 e. The maximum atomic E-state index is 11.8. The first-order chi connectivity index (χ1) is 8.15. The van der Waals surface area contributed by atoms with Crippen molar-refractivity contribution in [3.8, 4) is 5.75 Å². The summed E-state index contributed by atoms with van der Waals surface area (Å²) in [6.45, 7) is 0. The second-order valence-corrected chi connectivity index (χ2v) is 3.51. The number of hydrogen-bond acceptors (Lipinski definition) is 4. The fourth-order valence-corrected chi connectivity index (χ4v) is 1.33. The summed E-state index contributed by atoms with van der Waals surface area (Å²) in [5, 5.41) is 11.8. The van der Waals surface area contributed by atoms with E-state index in [1.807, 2.05) is 0 Å². The standard InChI is InChI=1S/C12H11N3O2/c13-9-5-8(6-14-7-9)12(17)15-10-1-3-11(16)4-2-10/h1-7,16H,13H2,(H,15,17). The molecule has 2 rings (SSSR count). The van der Waals surface area contributed by atoms with Crippen LogP contribution < -0.4 is 11.1 Å². The molecule has 0 aliphatic heterocycles. The second kappa shape index (κ2) is 4.52. The number of phenolic OH excluding ortho intramolecular Hbond substituents is 1. The molecule has 0 radical (unpaired) electrons. The van der Waals surface area contributed by atoms with Crippen molar-refractivity contribution in [1.82, 2.24) is 4.98 Å². The number of nitrogen functional groups attached to an aromatic ring is 1. The largest absolute Gasteiger partial charge is 0.508 e. The number of amides is 1. The fourth-order valence-electron chi connectivity index (χ4n) is 1.33. The van der Waals surface area contributed by atoms with Crippen molar-refractivity contribution in [2.75, 3.05) is 11.1 Å². The highest BCUT2D eigenvalue weighted by atomic mass is 16.3. The number of aromatic nitrogens is 1. The Balaban J connectivity index is 2.14. The number of hydrogen-bond donors (Lipinski definition) is 3. The highest BCUT2D eigenvalue weighted by Gasteiger charge is 2.06. The van der Waals surface area contributed by atoms with E-state index in [9.17, 15) is 4.79 Å². The van der Waals surface area contributed by atoms with Crippen LogP contribution in [0.25, 0.3) is 0 Å². The van der Waals surface area contributed by atoms with Crippen LogP contribution in [0, 0.1) is 0 Å². The van der Waals surface area contributed by atoms with Crippen LogP contribution in [0.1, 0.15) is 10.4 Å². The Morgan fingerprint density at radius 1 is 1.24 bits per heavy atom. The molecule has 2 aromatic rings. The number of pyridine rings is 1. The normalized spacial score (nSPS) is 9.88. The number of nitrogens with zero attached hydrogens (tertiary/aromatic N) is 1. The van der Waals surface area contributed by atoms with Gasteiger partial charge in [-0.2, -0.15) is 0 Å². The van der Waals surface area contributed by atoms with Gasteiger partial charge in [-0.15, -0.1) is 0 Å². The van der Waals surface area contributed by atoms with Gasteiger partial charge in [-0.1, -0.05) is 0 Å². The minimum absolute atomic E-state index is 0.147. The number of rotatable bonds is 2. The minimum atomic E-state index is -0.296. The summed E-state index contributed by atoms with van der Waals surface area (Å²) in [5.41, 5.74) is 6.95. The first-order valence-corrected chi connectivity index (χ1v) is 4.96. The van der Waals surface area contributed by atoms with Crippen molar-refractivity contribution in [1.29, 1.82) is 0 Å². The van der Waals surface area contributed by atoms with Gasteiger partial charge in [0.2, 0.25) is 0 Å². The summed E-state index contributed by atoms with van der Waals surface area (Å²) in [6, 6.07) is 7.74. The zero-order valence-corrected chi connectivity index (χ0v) is 8.92. The smallest absolute Gasteiger partial charge is 0.257 e. The molecule has 0 saturated heterocycles. The number of aromatic hydroxyl groups is 1. The third kappa shape index (κ3) is 2.72. The van der Waals surface area contributed by atoms with Gasteiger partial charge in [0.1, 0.15) is 5.75 Å². The van der Waals surface area contributed by atoms with Gasteiger partial charge >= 0.3 is 0 Å². The van der Waals surface area contributed by atoms with Crippen LogP contribution in [-0.2, 0) is 0 Å². The molecular weight excluding hydrogens is 218 g/mol. The summed E-state index contributed by atoms with van der Waals surface area (Å²) < 4.78 is 0. The topological polar surface area (TPSA) is 88.2 Å². The predicted octanol–water partition coefficient (Wildman–Crippen LogP) is 1.62. The number of carbonyl (C=O) groups excluding carboxylic acids is 1. The van der Waals surface area contributed by atoms with Crippen molar-refractivity contribution >= 4 is 17.3 Å². The van der Waals surface area contributed by atoms with E-state index in [0.717, 1.165) is 0 Å². The molecule has 0 aliphatic rings. The maximum Gasteiger partial charge on any atom is 0.257 e. The SMILES string of the molecule is Nc1cncc(C(=O)Nc2ccc(O)cc2)c1. The molecule has 0 bridgehead atoms. The van der Waals surface area contributed by atoms with Crippen LogP contribution in [0.2, 0.25) is 0 Å². The lowest BCUT2D eigenvalue weighted by Crippen LogP contribution is -2.12. The quantitative estimate of drug-likeness (QED) is 0.683. The summed E-state index contributed by atoms with van der Waals surface area (Å²) in [4.78, 5) is 15.6. The van der Waals surface area contributed by atoms with Crippen LogP contribution in [0.5, 0.6) is 5.75 Å². The van der Waals surface area contributed by atoms with E-state index in [0.29, 0.717) is 16.9 Å². The van der Waals surface area contributed by atoms with Crippen LogP contribution in [-0.4, -0.2) is 16.0 Å². The van der Waals surface area contributed by atoms with Gasteiger partial charge in [-0.3, -0.25) is 9.78 Å². The Morgan fingerprint density at radius 2 is 1.94 bits per heavy atom. The molecular formula is C12H11N3O2. The van der Waals surface area contributed by atoms with Gasteiger partial charge in [0.05, 0.1) is 11.3 Å². The number of benzene rings is 1. The molecule has 0 saturated carbocycles. The van der Waals surface area contributed by atoms with Crippen molar-refractivity contribution in [2.24, 2.45) is 0 Å². The van der Waals surface area contributed by atoms with Crippen LogP contribution in [0.4, 0.5) is 11.4 Å². The summed E-state index contributed by atoms with van der Waals surface area (Å²) >= 11 is 0. The molecule has 86 valence electrons. The Kier molecular flexibility index (Phi) is 2.91. The maximum absolute atomic E-state index is 11.8. The van der Waals surface area contributed by atoms with Gasteiger partial charge in [-0.25, -0.2) is 0 Å². The molecule has 1 heterocycles. The molecule has 1 aromatic carbocycles. The zero-order valence-electron chi connectivity index (χ0n) is 8.92. The van der Waals surface area contributed by atoms with E-state index in [1.165, 1.54) is 24.5 Å². The molecule has 0 spiro atoms. The fraction of sp³-hybridized carbons (Fsp3) is 0. The highest BCUT2D eigenvalue weighted by molar-refractivity contribution is 6.04. The average molecular weight is 229 g/mol. The Hall–Kier alpha value is -2.56. The summed E-state index contributed by atoms with van der Waals surface area (Å²) in [6.07, 6.45) is 2.91. The molecule has 0 fully saturated rings. The van der Waals surface area contributed by atoms with Crippen LogP contribution in [0.3, 0.4) is 0 Å². The lowest BCUT2D eigenvalue weighted by atomic mass is 10.2. The van der Waals surface area contributed by atoms with Crippen molar-refractivity contribution < 1.29 is 9.90 Å². The molecule has 0 atom stereocenters. The third-order valence-corrected chi connectivity index (χ3v) is 2.15. The van der Waals surface area contributed by atoms with E-state index in [2.05, 4.69) is 10.3 Å². The Bertz CT molecular complexity index is 538. The van der Waals surface area contributed by atoms with Gasteiger partial charge in [-0.05, 0) is 30.3 Å². The van der Waals surface area contributed by atoms with Crippen LogP contribution >= 0.6 is 0 Å². The number of phenols is 1. The molecule has 1 amide bonds. The molecule has 0 unspecified atom stereocenters. The number of nitrogens with two attached hydrogens (primary N) is 1. The molecule has 0 aliphatic carbocycles. The van der Waals surface area contributed by atoms with E-state index in [-0.39, 0.29) is 11.7 Å². The van der Waals surface area contributed by atoms with Crippen molar-refractivity contribution in [3.63, 3.8) is 0 Å². The Labute approximate surface area is 97.9 Å². The Morgan fingerprint density at radius 3 is 2.59 bits per heavy atom. The summed E-state index contributed by atoms with van der Waals surface area (Å²) in [5.74, 6) is -0.149. The molecule has 1 aromatic heterocycles. The van der Waals surface area contributed by atoms with Crippen molar-refractivity contribution in [2.45, 2.75) is 0 Å². The number of anilines is 2. The van der Waals surface area contributed by atoms with E-state index >= 15 is 0 Å². The first-order valence-electron chi connectivity index (χ1n) is 4.96. The number of nitrogens with one attached hydrogen (secondary N) is 1. The van der Waals surface area contributed by atoms with Gasteiger partial charge in [0, 0.05) is 18.1 Å². The second-order valence-electron chi connectivity index (χ2n) is 3.51. The predicted molar refractivity (Wildman–Crippen MR) is 64.7 cm³/mol. The summed E-state index contributed by atoms with van der Waals surface area (Å²) in [7, 11) is 0. The molecule has 4 N–H and O–H groups in total. The average Bonchev–Trinajstić information content (AvgIpc) is 2.32. The molecule has 17 heavy (non-hydrogen) atoms. The van der Waals surface area contributed by atoms with Crippen LogP contribution in [0.15, 0.2) is 42.7 Å². The lowest BCUT2D eigenvalue weighted by Gasteiger charge is -2.05. The van der Waals surface area contributed by atoms with Gasteiger partial charge in [0.25, 0.3) is 5.91 Å². The zero-order chi connectivity index (χ0) is 12.3. The van der Waals surface area contributed by atoms with E-state index in [4.69, 9.17) is 10.8 Å². The van der Waals surface area contributed by atoms with Crippen molar-refractivity contribution in [3.05, 3.63) is 48.3 Å². The van der Waals surface area contributed by atoms with E-state index < -0.39 is 0 Å². The first kappa shape index (κ1) is 10.9. The monoisotopic (exact) mass is 229 g/mol. The van der Waals surface area contributed by atoms with Gasteiger partial charge in [0.15, 0.2) is 0 Å². The van der Waals surface area contributed by atoms with Gasteiger partial charge < -0.3 is 16.2 Å². The lowest BCUT2D eigenvalue weighted by molar-refractivity contribution is 0.102.